The van der Waals surface area contributed by atoms with Gasteiger partial charge in [0.05, 0.1) is 6.20 Å². The van der Waals surface area contributed by atoms with Crippen LogP contribution < -0.4 is 10.6 Å². The molecule has 0 aliphatic heterocycles. The van der Waals surface area contributed by atoms with E-state index in [0.29, 0.717) is 22.9 Å². The van der Waals surface area contributed by atoms with Gasteiger partial charge in [0, 0.05) is 12.6 Å². The zero-order chi connectivity index (χ0) is 13.8. The van der Waals surface area contributed by atoms with Crippen LogP contribution in [0.4, 0.5) is 11.8 Å². The standard InChI is InChI=1S/C14H23ClN4/c1-4-16-14-17-8-11(15)13(19-14)18-12-6-5-9(2)7-10(12)3/h8-10,12H,4-7H2,1-3H3,(H2,16,17,18,19). The van der Waals surface area contributed by atoms with Crippen LogP contribution in [-0.2, 0) is 0 Å². The molecule has 3 atom stereocenters. The molecule has 1 aromatic heterocycles. The van der Waals surface area contributed by atoms with Crippen molar-refractivity contribution >= 4 is 23.4 Å². The summed E-state index contributed by atoms with van der Waals surface area (Å²) >= 11 is 6.18. The molecule has 3 unspecified atom stereocenters. The maximum Gasteiger partial charge on any atom is 0.224 e. The Morgan fingerprint density at radius 2 is 2.16 bits per heavy atom. The Kier molecular flexibility index (Phi) is 4.86. The lowest BCUT2D eigenvalue weighted by Crippen LogP contribution is -2.33. The van der Waals surface area contributed by atoms with Crippen LogP contribution in [0.3, 0.4) is 0 Å². The van der Waals surface area contributed by atoms with Crippen LogP contribution >= 0.6 is 11.6 Å². The number of hydrogen-bond acceptors (Lipinski definition) is 4. The van der Waals surface area contributed by atoms with Crippen molar-refractivity contribution in [1.82, 2.24) is 9.97 Å². The summed E-state index contributed by atoms with van der Waals surface area (Å²) in [6.07, 6.45) is 5.37. The fourth-order valence-electron chi connectivity index (χ4n) is 2.77. The summed E-state index contributed by atoms with van der Waals surface area (Å²) in [4.78, 5) is 8.60. The molecular weight excluding hydrogens is 260 g/mol. The average molecular weight is 283 g/mol. The molecule has 1 heterocycles. The third-order valence-corrected chi connectivity index (χ3v) is 4.11. The van der Waals surface area contributed by atoms with Gasteiger partial charge in [-0.15, -0.1) is 0 Å². The van der Waals surface area contributed by atoms with E-state index in [1.807, 2.05) is 6.92 Å². The zero-order valence-corrected chi connectivity index (χ0v) is 12.7. The molecule has 0 amide bonds. The minimum absolute atomic E-state index is 0.457. The van der Waals surface area contributed by atoms with E-state index in [-0.39, 0.29) is 0 Å². The van der Waals surface area contributed by atoms with Gasteiger partial charge < -0.3 is 10.6 Å². The maximum atomic E-state index is 6.18. The minimum atomic E-state index is 0.457. The van der Waals surface area contributed by atoms with Crippen molar-refractivity contribution < 1.29 is 0 Å². The molecule has 0 saturated heterocycles. The highest BCUT2D eigenvalue weighted by atomic mass is 35.5. The third-order valence-electron chi connectivity index (χ3n) is 3.83. The summed E-state index contributed by atoms with van der Waals surface area (Å²) in [5.74, 6) is 2.86. The molecular formula is C14H23ClN4. The highest BCUT2D eigenvalue weighted by Crippen LogP contribution is 2.31. The van der Waals surface area contributed by atoms with Crippen LogP contribution in [0.15, 0.2) is 6.20 Å². The molecule has 2 rings (SSSR count). The SMILES string of the molecule is CCNc1ncc(Cl)c(NC2CCC(C)CC2C)n1. The second-order valence-corrected chi connectivity index (χ2v) is 5.97. The molecule has 0 aromatic carbocycles. The molecule has 1 fully saturated rings. The molecule has 1 aliphatic rings. The van der Waals surface area contributed by atoms with Crippen molar-refractivity contribution in [3.8, 4) is 0 Å². The van der Waals surface area contributed by atoms with E-state index in [4.69, 9.17) is 11.6 Å². The van der Waals surface area contributed by atoms with Crippen molar-refractivity contribution in [3.63, 3.8) is 0 Å². The van der Waals surface area contributed by atoms with Crippen LogP contribution in [0.25, 0.3) is 0 Å². The number of hydrogen-bond donors (Lipinski definition) is 2. The Morgan fingerprint density at radius 3 is 2.84 bits per heavy atom. The predicted octanol–water partition coefficient (Wildman–Crippen LogP) is 3.80. The van der Waals surface area contributed by atoms with Crippen LogP contribution in [0.2, 0.25) is 5.02 Å². The summed E-state index contributed by atoms with van der Waals surface area (Å²) in [7, 11) is 0. The number of anilines is 2. The lowest BCUT2D eigenvalue weighted by molar-refractivity contribution is 0.276. The van der Waals surface area contributed by atoms with E-state index >= 15 is 0 Å². The van der Waals surface area contributed by atoms with Gasteiger partial charge in [-0.05, 0) is 38.0 Å². The lowest BCUT2D eigenvalue weighted by atomic mass is 9.80. The van der Waals surface area contributed by atoms with E-state index in [1.54, 1.807) is 6.20 Å². The second kappa shape index (κ2) is 6.42. The second-order valence-electron chi connectivity index (χ2n) is 5.57. The van der Waals surface area contributed by atoms with Crippen molar-refractivity contribution in [3.05, 3.63) is 11.2 Å². The van der Waals surface area contributed by atoms with Gasteiger partial charge in [-0.3, -0.25) is 0 Å². The quantitative estimate of drug-likeness (QED) is 0.882. The fourth-order valence-corrected chi connectivity index (χ4v) is 2.91. The van der Waals surface area contributed by atoms with Gasteiger partial charge in [-0.25, -0.2) is 4.98 Å². The molecule has 0 bridgehead atoms. The maximum absolute atomic E-state index is 6.18. The highest BCUT2D eigenvalue weighted by molar-refractivity contribution is 6.32. The van der Waals surface area contributed by atoms with Gasteiger partial charge in [0.2, 0.25) is 5.95 Å². The van der Waals surface area contributed by atoms with Crippen LogP contribution in [0, 0.1) is 11.8 Å². The first-order valence-corrected chi connectivity index (χ1v) is 7.51. The first kappa shape index (κ1) is 14.4. The van der Waals surface area contributed by atoms with E-state index in [2.05, 4.69) is 34.4 Å². The molecule has 19 heavy (non-hydrogen) atoms. The third kappa shape index (κ3) is 3.72. The Hall–Kier alpha value is -1.03. The largest absolute Gasteiger partial charge is 0.366 e. The monoisotopic (exact) mass is 282 g/mol. The van der Waals surface area contributed by atoms with Gasteiger partial charge in [-0.1, -0.05) is 25.4 Å². The van der Waals surface area contributed by atoms with Crippen molar-refractivity contribution in [2.24, 2.45) is 11.8 Å². The minimum Gasteiger partial charge on any atom is -0.366 e. The zero-order valence-electron chi connectivity index (χ0n) is 11.9. The molecule has 5 heteroatoms. The number of rotatable bonds is 4. The Morgan fingerprint density at radius 1 is 1.37 bits per heavy atom. The lowest BCUT2D eigenvalue weighted by Gasteiger charge is -2.33. The predicted molar refractivity (Wildman–Crippen MR) is 80.8 cm³/mol. The van der Waals surface area contributed by atoms with E-state index in [1.165, 1.54) is 19.3 Å². The summed E-state index contributed by atoms with van der Waals surface area (Å²) in [5.41, 5.74) is 0. The molecule has 2 N–H and O–H groups in total. The summed E-state index contributed by atoms with van der Waals surface area (Å²) in [5, 5.41) is 7.20. The van der Waals surface area contributed by atoms with Crippen molar-refractivity contribution in [2.45, 2.75) is 46.1 Å². The topological polar surface area (TPSA) is 49.8 Å². The number of nitrogens with zero attached hydrogens (tertiary/aromatic N) is 2. The molecule has 1 aromatic rings. The van der Waals surface area contributed by atoms with E-state index in [9.17, 15) is 0 Å². The average Bonchev–Trinajstić information content (AvgIpc) is 2.37. The van der Waals surface area contributed by atoms with Crippen molar-refractivity contribution in [2.75, 3.05) is 17.2 Å². The molecule has 0 spiro atoms. The first-order chi connectivity index (χ1) is 9.10. The number of nitrogens with one attached hydrogen (secondary N) is 2. The van der Waals surface area contributed by atoms with Gasteiger partial charge in [-0.2, -0.15) is 4.98 Å². The highest BCUT2D eigenvalue weighted by Gasteiger charge is 2.26. The summed E-state index contributed by atoms with van der Waals surface area (Å²) in [6.45, 7) is 7.45. The van der Waals surface area contributed by atoms with Gasteiger partial charge in [0.1, 0.15) is 5.02 Å². The summed E-state index contributed by atoms with van der Waals surface area (Å²) in [6, 6.07) is 0.457. The first-order valence-electron chi connectivity index (χ1n) is 7.13. The molecule has 1 saturated carbocycles. The Bertz CT molecular complexity index is 424. The number of aromatic nitrogens is 2. The van der Waals surface area contributed by atoms with Gasteiger partial charge >= 0.3 is 0 Å². The van der Waals surface area contributed by atoms with E-state index < -0.39 is 0 Å². The van der Waals surface area contributed by atoms with Crippen LogP contribution in [0.1, 0.15) is 40.0 Å². The fraction of sp³-hybridized carbons (Fsp3) is 0.714. The van der Waals surface area contributed by atoms with Gasteiger partial charge in [0.25, 0.3) is 0 Å². The summed E-state index contributed by atoms with van der Waals surface area (Å²) < 4.78 is 0. The van der Waals surface area contributed by atoms with Crippen LogP contribution in [0.5, 0.6) is 0 Å². The molecule has 0 radical (unpaired) electrons. The molecule has 106 valence electrons. The Labute approximate surface area is 120 Å². The Balaban J connectivity index is 2.07. The number of halogens is 1. The van der Waals surface area contributed by atoms with Crippen LogP contribution in [-0.4, -0.2) is 22.6 Å². The molecule has 4 nitrogen and oxygen atoms in total. The van der Waals surface area contributed by atoms with Gasteiger partial charge in [0.15, 0.2) is 5.82 Å². The smallest absolute Gasteiger partial charge is 0.224 e. The van der Waals surface area contributed by atoms with Crippen molar-refractivity contribution in [1.29, 1.82) is 0 Å². The van der Waals surface area contributed by atoms with E-state index in [0.717, 1.165) is 18.3 Å². The normalized spacial score (nSPS) is 27.1. The molecule has 1 aliphatic carbocycles.